The predicted molar refractivity (Wildman–Crippen MR) is 126 cm³/mol. The van der Waals surface area contributed by atoms with Gasteiger partial charge in [-0.3, -0.25) is 0 Å². The largest absolute Gasteiger partial charge is 0.485 e. The number of ether oxygens (including phenoxy) is 5. The molecule has 10 nitrogen and oxygen atoms in total. The first-order valence-corrected chi connectivity index (χ1v) is 11.5. The molecule has 0 bridgehead atoms. The summed E-state index contributed by atoms with van der Waals surface area (Å²) in [5, 5.41) is 10.8. The first kappa shape index (κ1) is 28.4. The summed E-state index contributed by atoms with van der Waals surface area (Å²) in [5.74, 6) is -0.453. The quantitative estimate of drug-likeness (QED) is 0.495. The van der Waals surface area contributed by atoms with Crippen molar-refractivity contribution in [1.82, 2.24) is 4.90 Å². The molecule has 2 amide bonds. The number of benzene rings is 1. The van der Waals surface area contributed by atoms with Crippen LogP contribution in [0.4, 0.5) is 9.59 Å². The predicted octanol–water partition coefficient (Wildman–Crippen LogP) is 3.61. The Hall–Kier alpha value is -2.85. The van der Waals surface area contributed by atoms with Crippen LogP contribution in [-0.4, -0.2) is 76.9 Å². The first-order chi connectivity index (χ1) is 16.1. The number of hydrogen-bond donors (Lipinski definition) is 1. The highest BCUT2D eigenvalue weighted by Crippen LogP contribution is 2.22. The summed E-state index contributed by atoms with van der Waals surface area (Å²) in [4.78, 5) is 39.5. The van der Waals surface area contributed by atoms with E-state index in [2.05, 4.69) is 0 Å². The van der Waals surface area contributed by atoms with Crippen LogP contribution in [0.3, 0.4) is 0 Å². The monoisotopic (exact) mass is 495 g/mol. The van der Waals surface area contributed by atoms with E-state index in [1.54, 1.807) is 53.7 Å². The lowest BCUT2D eigenvalue weighted by atomic mass is 10.1. The minimum atomic E-state index is -1.51. The van der Waals surface area contributed by atoms with Crippen molar-refractivity contribution < 1.29 is 43.2 Å². The summed E-state index contributed by atoms with van der Waals surface area (Å²) in [5.41, 5.74) is -0.855. The van der Waals surface area contributed by atoms with Gasteiger partial charge in [0.25, 0.3) is 0 Å². The van der Waals surface area contributed by atoms with Gasteiger partial charge >= 0.3 is 18.2 Å². The summed E-state index contributed by atoms with van der Waals surface area (Å²) in [6.45, 7) is 12.6. The highest BCUT2D eigenvalue weighted by atomic mass is 16.6. The molecule has 1 aromatic carbocycles. The van der Waals surface area contributed by atoms with Gasteiger partial charge in [-0.25, -0.2) is 14.4 Å². The molecule has 0 unspecified atom stereocenters. The van der Waals surface area contributed by atoms with E-state index in [0.29, 0.717) is 10.6 Å². The van der Waals surface area contributed by atoms with Gasteiger partial charge in [0, 0.05) is 0 Å². The lowest BCUT2D eigenvalue weighted by molar-refractivity contribution is -0.161. The molecule has 1 aliphatic heterocycles. The second kappa shape index (κ2) is 11.3. The van der Waals surface area contributed by atoms with E-state index in [0.717, 1.165) is 5.56 Å². The summed E-state index contributed by atoms with van der Waals surface area (Å²) in [6.07, 6.45) is -5.32. The van der Waals surface area contributed by atoms with Gasteiger partial charge in [0.2, 0.25) is 0 Å². The second-order valence-corrected chi connectivity index (χ2v) is 10.5. The summed E-state index contributed by atoms with van der Waals surface area (Å²) in [6, 6.07) is 5.71. The molecule has 0 radical (unpaired) electrons. The molecule has 1 aliphatic rings. The third-order valence-corrected chi connectivity index (χ3v) is 4.79. The van der Waals surface area contributed by atoms with E-state index in [9.17, 15) is 19.5 Å². The Morgan fingerprint density at radius 3 is 1.97 bits per heavy atom. The van der Waals surface area contributed by atoms with Crippen molar-refractivity contribution in [3.8, 4) is 5.75 Å². The van der Waals surface area contributed by atoms with Crippen LogP contribution in [0.5, 0.6) is 5.75 Å². The summed E-state index contributed by atoms with van der Waals surface area (Å²) < 4.78 is 27.7. The Bertz CT molecular complexity index is 858. The van der Waals surface area contributed by atoms with Gasteiger partial charge in [-0.05, 0) is 67.5 Å². The van der Waals surface area contributed by atoms with Gasteiger partial charge in [0.1, 0.15) is 29.2 Å². The Kier molecular flexibility index (Phi) is 9.13. The van der Waals surface area contributed by atoms with Crippen LogP contribution in [0, 0.1) is 6.92 Å². The van der Waals surface area contributed by atoms with Crippen molar-refractivity contribution in [3.05, 3.63) is 29.8 Å². The number of esters is 1. The molecule has 1 heterocycles. The number of cyclic esters (lactones) is 1. The molecule has 0 aliphatic carbocycles. The average molecular weight is 496 g/mol. The Balaban J connectivity index is 2.30. The zero-order chi connectivity index (χ0) is 26.6. The van der Waals surface area contributed by atoms with E-state index >= 15 is 0 Å². The molecular formula is C25H37NO9. The van der Waals surface area contributed by atoms with Gasteiger partial charge < -0.3 is 28.8 Å². The maximum atomic E-state index is 13.0. The van der Waals surface area contributed by atoms with E-state index < -0.39 is 60.3 Å². The highest BCUT2D eigenvalue weighted by Gasteiger charge is 2.44. The van der Waals surface area contributed by atoms with Crippen LogP contribution in [0.2, 0.25) is 0 Å². The summed E-state index contributed by atoms with van der Waals surface area (Å²) in [7, 11) is 0. The molecule has 1 aromatic rings. The molecule has 1 fully saturated rings. The molecule has 1 saturated heterocycles. The van der Waals surface area contributed by atoms with Gasteiger partial charge in [-0.2, -0.15) is 4.90 Å². The molecule has 1 N–H and O–H groups in total. The fourth-order valence-corrected chi connectivity index (χ4v) is 3.12. The number of aliphatic hydroxyl groups is 1. The Labute approximate surface area is 206 Å². The van der Waals surface area contributed by atoms with Crippen LogP contribution in [0.1, 0.15) is 54.0 Å². The zero-order valence-electron chi connectivity index (χ0n) is 21.7. The van der Waals surface area contributed by atoms with E-state index in [1.165, 1.54) is 6.92 Å². The van der Waals surface area contributed by atoms with Gasteiger partial charge in [0.05, 0.1) is 13.2 Å². The molecule has 4 atom stereocenters. The van der Waals surface area contributed by atoms with Gasteiger partial charge in [-0.15, -0.1) is 0 Å². The number of amides is 2. The van der Waals surface area contributed by atoms with Crippen molar-refractivity contribution in [2.24, 2.45) is 0 Å². The fraction of sp³-hybridized carbons (Fsp3) is 0.640. The van der Waals surface area contributed by atoms with Crippen molar-refractivity contribution in [1.29, 1.82) is 0 Å². The molecule has 35 heavy (non-hydrogen) atoms. The second-order valence-electron chi connectivity index (χ2n) is 10.5. The zero-order valence-corrected chi connectivity index (χ0v) is 21.7. The normalized spacial score (nSPS) is 23.7. The van der Waals surface area contributed by atoms with Crippen LogP contribution in [0.15, 0.2) is 24.3 Å². The highest BCUT2D eigenvalue weighted by molar-refractivity contribution is 5.94. The Morgan fingerprint density at radius 1 is 0.971 bits per heavy atom. The SMILES string of the molecule is Cc1ccc(O[C@H]2COC[C@H](N(C(=O)OC(C)(C)C)C(=O)OC(C)(C)C)C(=O)O[C@@H](C)[C@@H]2O)cc1. The summed E-state index contributed by atoms with van der Waals surface area (Å²) >= 11 is 0. The minimum absolute atomic E-state index is 0.136. The number of aliphatic hydroxyl groups excluding tert-OH is 1. The van der Waals surface area contributed by atoms with Gasteiger partial charge in [0.15, 0.2) is 12.1 Å². The molecule has 0 aromatic heterocycles. The third kappa shape index (κ3) is 8.70. The maximum Gasteiger partial charge on any atom is 0.420 e. The number of hydrogen-bond acceptors (Lipinski definition) is 9. The van der Waals surface area contributed by atoms with Crippen molar-refractivity contribution in [2.45, 2.75) is 90.9 Å². The fourth-order valence-electron chi connectivity index (χ4n) is 3.12. The molecular weight excluding hydrogens is 458 g/mol. The van der Waals surface area contributed by atoms with Crippen LogP contribution in [0.25, 0.3) is 0 Å². The van der Waals surface area contributed by atoms with Crippen LogP contribution >= 0.6 is 0 Å². The lowest BCUT2D eigenvalue weighted by Gasteiger charge is -2.32. The number of rotatable bonds is 3. The van der Waals surface area contributed by atoms with E-state index in [4.69, 9.17) is 23.7 Å². The standard InChI is InChI=1S/C25H37NO9/c1-15-9-11-17(12-10-15)33-19-14-31-13-18(21(28)32-16(2)20(19)27)26(22(29)34-24(3,4)5)23(30)35-25(6,7)8/h9-12,16,18-20,27H,13-14H2,1-8H3/t16-,18-,19-,20-/m0/s1. The molecule has 2 rings (SSSR count). The minimum Gasteiger partial charge on any atom is -0.485 e. The number of imide groups is 1. The van der Waals surface area contributed by atoms with Crippen LogP contribution in [-0.2, 0) is 23.7 Å². The van der Waals surface area contributed by atoms with Crippen molar-refractivity contribution in [3.63, 3.8) is 0 Å². The average Bonchev–Trinajstić information content (AvgIpc) is 2.73. The topological polar surface area (TPSA) is 121 Å². The smallest absolute Gasteiger partial charge is 0.420 e. The van der Waals surface area contributed by atoms with Crippen molar-refractivity contribution >= 4 is 18.2 Å². The Morgan fingerprint density at radius 2 is 1.49 bits per heavy atom. The molecule has 10 heteroatoms. The lowest BCUT2D eigenvalue weighted by Crippen LogP contribution is -2.54. The van der Waals surface area contributed by atoms with Crippen molar-refractivity contribution in [2.75, 3.05) is 13.2 Å². The number of carbonyl (C=O) groups excluding carboxylic acids is 3. The van der Waals surface area contributed by atoms with Gasteiger partial charge in [-0.1, -0.05) is 17.7 Å². The van der Waals surface area contributed by atoms with E-state index in [-0.39, 0.29) is 6.61 Å². The number of nitrogens with zero attached hydrogens (tertiary/aromatic N) is 1. The molecule has 0 saturated carbocycles. The first-order valence-electron chi connectivity index (χ1n) is 11.5. The maximum absolute atomic E-state index is 13.0. The number of carbonyl (C=O) groups is 3. The molecule has 0 spiro atoms. The van der Waals surface area contributed by atoms with Crippen LogP contribution < -0.4 is 4.74 Å². The van der Waals surface area contributed by atoms with E-state index in [1.807, 2.05) is 19.1 Å². The number of aryl methyl sites for hydroxylation is 1. The molecule has 196 valence electrons. The third-order valence-electron chi connectivity index (χ3n) is 4.79.